The fourth-order valence-electron chi connectivity index (χ4n) is 2.02. The molecule has 1 N–H and O–H groups in total. The molecule has 112 valence electrons. The fourth-order valence-corrected chi connectivity index (χ4v) is 2.21. The summed E-state index contributed by atoms with van der Waals surface area (Å²) >= 11 is 5.86. The van der Waals surface area contributed by atoms with Gasteiger partial charge in [0.25, 0.3) is 0 Å². The van der Waals surface area contributed by atoms with Crippen LogP contribution in [0, 0.1) is 0 Å². The maximum absolute atomic E-state index is 13.0. The molecule has 0 aliphatic heterocycles. The molecule has 0 aliphatic carbocycles. The summed E-state index contributed by atoms with van der Waals surface area (Å²) in [5.41, 5.74) is -0.811. The van der Waals surface area contributed by atoms with E-state index in [1.54, 1.807) is 0 Å². The van der Waals surface area contributed by atoms with E-state index in [0.717, 1.165) is 6.07 Å². The third-order valence-electron chi connectivity index (χ3n) is 3.05. The molecule has 0 radical (unpaired) electrons. The van der Waals surface area contributed by atoms with Crippen molar-refractivity contribution < 1.29 is 23.0 Å². The molecule has 2 aromatic rings. The van der Waals surface area contributed by atoms with Gasteiger partial charge in [0.15, 0.2) is 0 Å². The Bertz CT molecular complexity index is 641. The molecular weight excluding hydrogens is 305 g/mol. The lowest BCUT2D eigenvalue weighted by atomic mass is 9.96. The average Bonchev–Trinajstić information content (AvgIpc) is 2.46. The minimum Gasteiger partial charge on any atom is -0.495 e. The van der Waals surface area contributed by atoms with Crippen LogP contribution in [0.25, 0.3) is 0 Å². The SMILES string of the molecule is COc1cc(C(O)c2ccccc2C(F)(F)F)ccc1Cl. The molecular formula is C15H12ClF3O2. The molecule has 0 heterocycles. The molecule has 0 aliphatic rings. The lowest BCUT2D eigenvalue weighted by molar-refractivity contribution is -0.139. The standard InChI is InChI=1S/C15H12ClF3O2/c1-21-13-8-9(6-7-12(13)16)14(20)10-4-2-3-5-11(10)15(17,18)19/h2-8,14,20H,1H3. The summed E-state index contributed by atoms with van der Waals surface area (Å²) in [6, 6.07) is 9.25. The molecule has 2 rings (SSSR count). The molecule has 0 saturated heterocycles. The third kappa shape index (κ3) is 3.31. The zero-order valence-electron chi connectivity index (χ0n) is 11.0. The number of ether oxygens (including phenoxy) is 1. The van der Waals surface area contributed by atoms with Gasteiger partial charge in [-0.05, 0) is 29.3 Å². The summed E-state index contributed by atoms with van der Waals surface area (Å²) in [4.78, 5) is 0. The van der Waals surface area contributed by atoms with Gasteiger partial charge >= 0.3 is 6.18 Å². The van der Waals surface area contributed by atoms with E-state index in [1.807, 2.05) is 0 Å². The van der Waals surface area contributed by atoms with Gasteiger partial charge in [0.1, 0.15) is 11.9 Å². The number of alkyl halides is 3. The zero-order chi connectivity index (χ0) is 15.6. The Morgan fingerprint density at radius 3 is 2.43 bits per heavy atom. The number of hydrogen-bond donors (Lipinski definition) is 1. The third-order valence-corrected chi connectivity index (χ3v) is 3.36. The first-order valence-electron chi connectivity index (χ1n) is 6.02. The highest BCUT2D eigenvalue weighted by molar-refractivity contribution is 6.32. The smallest absolute Gasteiger partial charge is 0.416 e. The number of aliphatic hydroxyl groups is 1. The first kappa shape index (κ1) is 15.7. The van der Waals surface area contributed by atoms with Gasteiger partial charge in [0, 0.05) is 0 Å². The van der Waals surface area contributed by atoms with E-state index in [0.29, 0.717) is 5.02 Å². The lowest BCUT2D eigenvalue weighted by Gasteiger charge is -2.18. The quantitative estimate of drug-likeness (QED) is 0.906. The largest absolute Gasteiger partial charge is 0.495 e. The highest BCUT2D eigenvalue weighted by atomic mass is 35.5. The predicted molar refractivity (Wildman–Crippen MR) is 73.5 cm³/mol. The molecule has 1 unspecified atom stereocenters. The van der Waals surface area contributed by atoms with Gasteiger partial charge in [-0.25, -0.2) is 0 Å². The van der Waals surface area contributed by atoms with Gasteiger partial charge in [-0.15, -0.1) is 0 Å². The molecule has 0 spiro atoms. The van der Waals surface area contributed by atoms with Crippen LogP contribution in [-0.2, 0) is 6.18 Å². The highest BCUT2D eigenvalue weighted by Gasteiger charge is 2.35. The van der Waals surface area contributed by atoms with Crippen LogP contribution in [0.5, 0.6) is 5.75 Å². The van der Waals surface area contributed by atoms with Crippen molar-refractivity contribution in [3.05, 3.63) is 64.2 Å². The van der Waals surface area contributed by atoms with Crippen molar-refractivity contribution in [2.75, 3.05) is 7.11 Å². The Labute approximate surface area is 124 Å². The summed E-state index contributed by atoms with van der Waals surface area (Å²) in [5, 5.41) is 10.6. The van der Waals surface area contributed by atoms with E-state index >= 15 is 0 Å². The molecule has 0 aromatic heterocycles. The summed E-state index contributed by atoms with van der Waals surface area (Å²) in [6.45, 7) is 0. The number of benzene rings is 2. The Hall–Kier alpha value is -1.72. The lowest BCUT2D eigenvalue weighted by Crippen LogP contribution is -2.12. The van der Waals surface area contributed by atoms with Gasteiger partial charge in [0.05, 0.1) is 17.7 Å². The van der Waals surface area contributed by atoms with Crippen molar-refractivity contribution >= 4 is 11.6 Å². The van der Waals surface area contributed by atoms with Crippen LogP contribution >= 0.6 is 11.6 Å². The van der Waals surface area contributed by atoms with Crippen LogP contribution in [-0.4, -0.2) is 12.2 Å². The van der Waals surface area contributed by atoms with E-state index in [1.165, 1.54) is 43.5 Å². The second-order valence-corrected chi connectivity index (χ2v) is 4.79. The number of aliphatic hydroxyl groups excluding tert-OH is 1. The van der Waals surface area contributed by atoms with Crippen LogP contribution < -0.4 is 4.74 Å². The van der Waals surface area contributed by atoms with Crippen LogP contribution in [0.1, 0.15) is 22.8 Å². The van der Waals surface area contributed by atoms with Crippen molar-refractivity contribution in [2.45, 2.75) is 12.3 Å². The van der Waals surface area contributed by atoms with E-state index in [9.17, 15) is 18.3 Å². The Kier molecular flexibility index (Phi) is 4.44. The Morgan fingerprint density at radius 1 is 1.14 bits per heavy atom. The average molecular weight is 317 g/mol. The van der Waals surface area contributed by atoms with Crippen molar-refractivity contribution in [1.29, 1.82) is 0 Å². The number of methoxy groups -OCH3 is 1. The molecule has 6 heteroatoms. The molecule has 0 saturated carbocycles. The van der Waals surface area contributed by atoms with Crippen LogP contribution in [0.2, 0.25) is 5.02 Å². The molecule has 0 bridgehead atoms. The normalized spacial score (nSPS) is 13.0. The van der Waals surface area contributed by atoms with Gasteiger partial charge in [0.2, 0.25) is 0 Å². The summed E-state index contributed by atoms with van der Waals surface area (Å²) < 4.78 is 43.9. The monoisotopic (exact) mass is 316 g/mol. The van der Waals surface area contributed by atoms with Crippen molar-refractivity contribution in [1.82, 2.24) is 0 Å². The van der Waals surface area contributed by atoms with Gasteiger partial charge < -0.3 is 9.84 Å². The van der Waals surface area contributed by atoms with Crippen molar-refractivity contribution in [2.24, 2.45) is 0 Å². The van der Waals surface area contributed by atoms with Crippen molar-refractivity contribution in [3.8, 4) is 5.75 Å². The van der Waals surface area contributed by atoms with Gasteiger partial charge in [-0.2, -0.15) is 13.2 Å². The molecule has 0 fully saturated rings. The molecule has 2 nitrogen and oxygen atoms in total. The molecule has 0 amide bonds. The van der Waals surface area contributed by atoms with E-state index < -0.39 is 17.8 Å². The van der Waals surface area contributed by atoms with E-state index in [4.69, 9.17) is 16.3 Å². The summed E-state index contributed by atoms with van der Waals surface area (Å²) in [6.07, 6.45) is -5.96. The molecule has 21 heavy (non-hydrogen) atoms. The summed E-state index contributed by atoms with van der Waals surface area (Å²) in [5.74, 6) is 0.290. The van der Waals surface area contributed by atoms with Crippen LogP contribution in [0.3, 0.4) is 0 Å². The first-order valence-corrected chi connectivity index (χ1v) is 6.40. The highest BCUT2D eigenvalue weighted by Crippen LogP contribution is 2.37. The van der Waals surface area contributed by atoms with Crippen LogP contribution in [0.4, 0.5) is 13.2 Å². The minimum absolute atomic E-state index is 0.214. The fraction of sp³-hybridized carbons (Fsp3) is 0.200. The predicted octanol–water partition coefficient (Wildman–Crippen LogP) is 4.45. The second-order valence-electron chi connectivity index (χ2n) is 4.38. The summed E-state index contributed by atoms with van der Waals surface area (Å²) in [7, 11) is 1.39. The van der Waals surface area contributed by atoms with Crippen LogP contribution in [0.15, 0.2) is 42.5 Å². The first-order chi connectivity index (χ1) is 9.84. The Balaban J connectivity index is 2.48. The maximum Gasteiger partial charge on any atom is 0.416 e. The number of rotatable bonds is 3. The van der Waals surface area contributed by atoms with E-state index in [2.05, 4.69) is 0 Å². The number of hydrogen-bond acceptors (Lipinski definition) is 2. The van der Waals surface area contributed by atoms with Crippen molar-refractivity contribution in [3.63, 3.8) is 0 Å². The van der Waals surface area contributed by atoms with Gasteiger partial charge in [-0.1, -0.05) is 35.9 Å². The molecule has 2 aromatic carbocycles. The topological polar surface area (TPSA) is 29.5 Å². The minimum atomic E-state index is -4.53. The zero-order valence-corrected chi connectivity index (χ0v) is 11.7. The Morgan fingerprint density at radius 2 is 1.81 bits per heavy atom. The number of halogens is 4. The molecule has 1 atom stereocenters. The second kappa shape index (κ2) is 5.95. The maximum atomic E-state index is 13.0. The van der Waals surface area contributed by atoms with E-state index in [-0.39, 0.29) is 16.9 Å². The van der Waals surface area contributed by atoms with Gasteiger partial charge in [-0.3, -0.25) is 0 Å².